The van der Waals surface area contributed by atoms with Gasteiger partial charge in [0.2, 0.25) is 0 Å². The Morgan fingerprint density at radius 1 is 0.964 bits per heavy atom. The minimum atomic E-state index is -0.606. The molecule has 2 unspecified atom stereocenters. The zero-order chi connectivity index (χ0) is 20.1. The van der Waals surface area contributed by atoms with Crippen LogP contribution in [0, 0.1) is 52.3 Å². The monoisotopic (exact) mass is 388 g/mol. The number of aliphatic carboxylic acids is 1. The number of rotatable bonds is 5. The average molecular weight is 389 g/mol. The first-order valence-corrected chi connectivity index (χ1v) is 12.5. The van der Waals surface area contributed by atoms with Gasteiger partial charge in [0.1, 0.15) is 0 Å². The van der Waals surface area contributed by atoms with E-state index in [1.165, 1.54) is 64.2 Å². The molecule has 0 aromatic rings. The van der Waals surface area contributed by atoms with Gasteiger partial charge in [-0.05, 0) is 104 Å². The summed E-state index contributed by atoms with van der Waals surface area (Å²) < 4.78 is 0. The highest BCUT2D eigenvalue weighted by Crippen LogP contribution is 2.68. The summed E-state index contributed by atoms with van der Waals surface area (Å²) in [5, 5.41) is 9.40. The number of fused-ring (bicyclic) bond motifs is 5. The van der Waals surface area contributed by atoms with Crippen molar-refractivity contribution in [2.24, 2.45) is 52.3 Å². The fourth-order valence-corrected chi connectivity index (χ4v) is 9.45. The van der Waals surface area contributed by atoms with Crippen LogP contribution in [0.5, 0.6) is 0 Å². The van der Waals surface area contributed by atoms with E-state index in [0.717, 1.165) is 36.0 Å². The Bertz CT molecular complexity index is 585. The molecule has 0 heterocycles. The van der Waals surface area contributed by atoms with Crippen LogP contribution in [0.4, 0.5) is 0 Å². The van der Waals surface area contributed by atoms with Gasteiger partial charge in [-0.25, -0.2) is 0 Å². The molecule has 4 rings (SSSR count). The summed E-state index contributed by atoms with van der Waals surface area (Å²) in [5.41, 5.74) is 1.09. The molecule has 0 bridgehead atoms. The van der Waals surface area contributed by atoms with Crippen LogP contribution >= 0.6 is 0 Å². The van der Waals surface area contributed by atoms with E-state index in [1.54, 1.807) is 0 Å². The van der Waals surface area contributed by atoms with Crippen molar-refractivity contribution >= 4 is 5.97 Å². The van der Waals surface area contributed by atoms with Gasteiger partial charge in [0, 0.05) is 6.42 Å². The lowest BCUT2D eigenvalue weighted by atomic mass is 9.44. The minimum absolute atomic E-state index is 0.349. The highest BCUT2D eigenvalue weighted by Gasteiger charge is 2.60. The van der Waals surface area contributed by atoms with Crippen LogP contribution in [0.1, 0.15) is 105 Å². The van der Waals surface area contributed by atoms with Gasteiger partial charge in [0.25, 0.3) is 0 Å². The van der Waals surface area contributed by atoms with Crippen LogP contribution in [-0.2, 0) is 4.79 Å². The summed E-state index contributed by atoms with van der Waals surface area (Å²) in [6, 6.07) is 0. The Morgan fingerprint density at radius 3 is 2.43 bits per heavy atom. The third-order valence-electron chi connectivity index (χ3n) is 11.0. The van der Waals surface area contributed by atoms with Crippen molar-refractivity contribution in [2.45, 2.75) is 105 Å². The van der Waals surface area contributed by atoms with E-state index in [0.29, 0.717) is 29.1 Å². The van der Waals surface area contributed by atoms with E-state index >= 15 is 0 Å². The predicted molar refractivity (Wildman–Crippen MR) is 115 cm³/mol. The first-order valence-electron chi connectivity index (χ1n) is 12.5. The summed E-state index contributed by atoms with van der Waals surface area (Å²) in [6.07, 6.45) is 15.9. The first-order chi connectivity index (χ1) is 13.3. The van der Waals surface area contributed by atoms with Crippen molar-refractivity contribution < 1.29 is 9.90 Å². The third-order valence-corrected chi connectivity index (χ3v) is 11.0. The molecule has 28 heavy (non-hydrogen) atoms. The smallest absolute Gasteiger partial charge is 0.303 e. The molecule has 0 aromatic heterocycles. The summed E-state index contributed by atoms with van der Waals surface area (Å²) in [6.45, 7) is 9.87. The summed E-state index contributed by atoms with van der Waals surface area (Å²) >= 11 is 0. The van der Waals surface area contributed by atoms with Crippen LogP contribution in [0.3, 0.4) is 0 Å². The van der Waals surface area contributed by atoms with Gasteiger partial charge >= 0.3 is 5.97 Å². The molecule has 1 N–H and O–H groups in total. The lowest BCUT2D eigenvalue weighted by Crippen LogP contribution is -2.53. The Hall–Kier alpha value is -0.530. The molecule has 4 aliphatic carbocycles. The summed E-state index contributed by atoms with van der Waals surface area (Å²) in [7, 11) is 0. The minimum Gasteiger partial charge on any atom is -0.481 e. The lowest BCUT2D eigenvalue weighted by molar-refractivity contribution is -0.139. The molecule has 0 radical (unpaired) electrons. The molecule has 4 fully saturated rings. The van der Waals surface area contributed by atoms with E-state index in [4.69, 9.17) is 0 Å². The highest BCUT2D eigenvalue weighted by molar-refractivity contribution is 5.67. The topological polar surface area (TPSA) is 37.3 Å². The molecule has 0 saturated heterocycles. The molecule has 2 nitrogen and oxygen atoms in total. The number of carboxylic acids is 1. The van der Waals surface area contributed by atoms with Gasteiger partial charge in [0.15, 0.2) is 0 Å². The maximum atomic E-state index is 11.4. The molecule has 160 valence electrons. The zero-order valence-electron chi connectivity index (χ0n) is 18.9. The number of carbonyl (C=O) groups is 1. The molecule has 0 amide bonds. The highest BCUT2D eigenvalue weighted by atomic mass is 16.4. The van der Waals surface area contributed by atoms with Crippen LogP contribution in [0.25, 0.3) is 0 Å². The Labute approximate surface area is 173 Å². The Balaban J connectivity index is 1.54. The molecule has 0 aliphatic heterocycles. The van der Waals surface area contributed by atoms with Gasteiger partial charge in [-0.1, -0.05) is 47.0 Å². The largest absolute Gasteiger partial charge is 0.481 e. The van der Waals surface area contributed by atoms with Crippen LogP contribution in [0.15, 0.2) is 0 Å². The Morgan fingerprint density at radius 2 is 1.71 bits per heavy atom. The maximum absolute atomic E-state index is 11.4. The number of carboxylic acid groups (broad SMARTS) is 1. The van der Waals surface area contributed by atoms with Crippen molar-refractivity contribution in [1.29, 1.82) is 0 Å². The number of hydrogen-bond donors (Lipinski definition) is 1. The third kappa shape index (κ3) is 3.16. The molecule has 2 heteroatoms. The van der Waals surface area contributed by atoms with Gasteiger partial charge in [-0.3, -0.25) is 4.79 Å². The molecule has 9 atom stereocenters. The molecule has 4 aliphatic rings. The van der Waals surface area contributed by atoms with E-state index in [1.807, 2.05) is 0 Å². The first kappa shape index (κ1) is 20.7. The van der Waals surface area contributed by atoms with Crippen molar-refractivity contribution in [3.05, 3.63) is 0 Å². The van der Waals surface area contributed by atoms with Crippen LogP contribution < -0.4 is 0 Å². The van der Waals surface area contributed by atoms with Gasteiger partial charge < -0.3 is 5.11 Å². The van der Waals surface area contributed by atoms with Gasteiger partial charge in [-0.2, -0.15) is 0 Å². The second kappa shape index (κ2) is 7.62. The van der Waals surface area contributed by atoms with Crippen LogP contribution in [-0.4, -0.2) is 11.1 Å². The van der Waals surface area contributed by atoms with Crippen molar-refractivity contribution in [2.75, 3.05) is 0 Å². The second-order valence-electron chi connectivity index (χ2n) is 11.8. The van der Waals surface area contributed by atoms with Gasteiger partial charge in [0.05, 0.1) is 0 Å². The molecular weight excluding hydrogens is 344 g/mol. The van der Waals surface area contributed by atoms with E-state index in [9.17, 15) is 9.90 Å². The average Bonchev–Trinajstić information content (AvgIpc) is 3.02. The lowest BCUT2D eigenvalue weighted by Gasteiger charge is -2.61. The zero-order valence-corrected chi connectivity index (χ0v) is 18.9. The summed E-state index contributed by atoms with van der Waals surface area (Å²) in [4.78, 5) is 11.4. The van der Waals surface area contributed by atoms with Crippen LogP contribution in [0.2, 0.25) is 0 Å². The maximum Gasteiger partial charge on any atom is 0.303 e. The van der Waals surface area contributed by atoms with E-state index < -0.39 is 5.97 Å². The number of hydrogen-bond acceptors (Lipinski definition) is 1. The van der Waals surface area contributed by atoms with Crippen molar-refractivity contribution in [3.63, 3.8) is 0 Å². The van der Waals surface area contributed by atoms with Crippen molar-refractivity contribution in [1.82, 2.24) is 0 Å². The summed E-state index contributed by atoms with van der Waals surface area (Å²) in [5.74, 6) is 4.86. The molecule has 0 spiro atoms. The molecule has 0 aromatic carbocycles. The van der Waals surface area contributed by atoms with E-state index in [2.05, 4.69) is 27.7 Å². The van der Waals surface area contributed by atoms with Crippen molar-refractivity contribution in [3.8, 4) is 0 Å². The fourth-order valence-electron chi connectivity index (χ4n) is 9.45. The van der Waals surface area contributed by atoms with E-state index in [-0.39, 0.29) is 0 Å². The Kier molecular flexibility index (Phi) is 5.64. The quantitative estimate of drug-likeness (QED) is 0.542. The van der Waals surface area contributed by atoms with Gasteiger partial charge in [-0.15, -0.1) is 0 Å². The second-order valence-corrected chi connectivity index (χ2v) is 11.8. The normalized spacial score (nSPS) is 47.5. The molecular formula is C26H44O2. The fraction of sp³-hybridized carbons (Fsp3) is 0.962. The SMILES string of the molecule is CCC(CC(=O)O)[C@@H](C)[C@H]1CC[C@H]2[C@@H]3CCC4CCCC[C@]4(C)[C@H]3CC[C@]12C. The standard InChI is InChI=1S/C26H44O2/c1-5-18(16-24(27)28)17(2)21-11-12-22-20-10-9-19-8-6-7-14-25(19,3)23(20)13-15-26(21,22)4/h17-23H,5-16H2,1-4H3,(H,27,28)/t17-,18?,19?,20+,21-,22+,23+,25+,26-/m1/s1. The predicted octanol–water partition coefficient (Wildman–Crippen LogP) is 7.17. The molecule has 4 saturated carbocycles.